The molecule has 37 heavy (non-hydrogen) atoms. The van der Waals surface area contributed by atoms with E-state index in [4.69, 9.17) is 16.6 Å². The SMILES string of the molecule is O=C(NNC(=O)c1ccc(Nc2nc(-c3ccccc3)n(-c3ccccc3)n2)cc1)c1ccc(Cl)cc1. The average molecular weight is 509 g/mol. The Morgan fingerprint density at radius 1 is 0.676 bits per heavy atom. The van der Waals surface area contributed by atoms with Crippen molar-refractivity contribution in [2.24, 2.45) is 0 Å². The maximum absolute atomic E-state index is 12.5. The topological polar surface area (TPSA) is 101 Å². The van der Waals surface area contributed by atoms with Gasteiger partial charge in [-0.2, -0.15) is 4.98 Å². The maximum Gasteiger partial charge on any atom is 0.269 e. The molecule has 1 aromatic heterocycles. The van der Waals surface area contributed by atoms with Gasteiger partial charge < -0.3 is 5.32 Å². The number of hydrogen-bond donors (Lipinski definition) is 3. The highest BCUT2D eigenvalue weighted by molar-refractivity contribution is 6.30. The van der Waals surface area contributed by atoms with Gasteiger partial charge in [-0.3, -0.25) is 20.4 Å². The van der Waals surface area contributed by atoms with E-state index in [-0.39, 0.29) is 0 Å². The third kappa shape index (κ3) is 5.66. The molecule has 3 N–H and O–H groups in total. The number of carbonyl (C=O) groups excluding carboxylic acids is 2. The lowest BCUT2D eigenvalue weighted by atomic mass is 10.2. The molecular weight excluding hydrogens is 488 g/mol. The summed E-state index contributed by atoms with van der Waals surface area (Å²) in [7, 11) is 0. The van der Waals surface area contributed by atoms with Gasteiger partial charge in [-0.1, -0.05) is 60.1 Å². The van der Waals surface area contributed by atoms with Crippen molar-refractivity contribution in [3.05, 3.63) is 125 Å². The average Bonchev–Trinajstić information content (AvgIpc) is 3.37. The summed E-state index contributed by atoms with van der Waals surface area (Å²) in [5.74, 6) is 0.209. The zero-order valence-corrected chi connectivity index (χ0v) is 20.2. The van der Waals surface area contributed by atoms with Crippen LogP contribution in [-0.4, -0.2) is 26.6 Å². The fourth-order valence-electron chi connectivity index (χ4n) is 3.58. The molecule has 2 amide bonds. The van der Waals surface area contributed by atoms with Crippen LogP contribution in [0.4, 0.5) is 11.6 Å². The molecule has 0 saturated heterocycles. The Labute approximate surface area is 217 Å². The Morgan fingerprint density at radius 2 is 1.22 bits per heavy atom. The van der Waals surface area contributed by atoms with Crippen LogP contribution in [0.1, 0.15) is 20.7 Å². The Kier molecular flexibility index (Phi) is 6.91. The van der Waals surface area contributed by atoms with Gasteiger partial charge in [-0.15, -0.1) is 5.10 Å². The number of benzene rings is 4. The first-order valence-electron chi connectivity index (χ1n) is 11.4. The van der Waals surface area contributed by atoms with Gasteiger partial charge in [0.25, 0.3) is 11.8 Å². The smallest absolute Gasteiger partial charge is 0.269 e. The van der Waals surface area contributed by atoms with E-state index in [1.165, 1.54) is 0 Å². The number of aromatic nitrogens is 3. The number of hydrazine groups is 1. The van der Waals surface area contributed by atoms with Crippen molar-refractivity contribution < 1.29 is 9.59 Å². The largest absolute Gasteiger partial charge is 0.323 e. The van der Waals surface area contributed by atoms with Crippen LogP contribution in [-0.2, 0) is 0 Å². The fraction of sp³-hybridized carbons (Fsp3) is 0. The lowest BCUT2D eigenvalue weighted by Gasteiger charge is -2.08. The minimum atomic E-state index is -0.452. The standard InChI is InChI=1S/C28H21ClN6O2/c29-22-15-11-20(12-16-22)26(36)32-33-27(37)21-13-17-23(18-14-21)30-28-31-25(19-7-3-1-4-8-19)35(34-28)24-9-5-2-6-10-24/h1-18H,(H,30,34)(H,32,36)(H,33,37). The van der Waals surface area contributed by atoms with Crippen LogP contribution in [0.5, 0.6) is 0 Å². The molecule has 0 aliphatic rings. The first-order chi connectivity index (χ1) is 18.1. The Bertz CT molecular complexity index is 1460. The first-order valence-corrected chi connectivity index (χ1v) is 11.8. The Morgan fingerprint density at radius 3 is 1.81 bits per heavy atom. The van der Waals surface area contributed by atoms with Gasteiger partial charge in [0, 0.05) is 27.4 Å². The molecule has 0 radical (unpaired) electrons. The van der Waals surface area contributed by atoms with E-state index in [2.05, 4.69) is 21.3 Å². The molecule has 0 fully saturated rings. The molecule has 5 aromatic rings. The van der Waals surface area contributed by atoms with Crippen molar-refractivity contribution >= 4 is 35.1 Å². The predicted molar refractivity (Wildman–Crippen MR) is 143 cm³/mol. The van der Waals surface area contributed by atoms with Crippen LogP contribution in [0.25, 0.3) is 17.1 Å². The first kappa shape index (κ1) is 23.8. The quantitative estimate of drug-likeness (QED) is 0.266. The number of rotatable bonds is 6. The van der Waals surface area contributed by atoms with Crippen LogP contribution < -0.4 is 16.2 Å². The van der Waals surface area contributed by atoms with E-state index in [0.717, 1.165) is 11.3 Å². The summed E-state index contributed by atoms with van der Waals surface area (Å²) in [5, 5.41) is 8.36. The molecule has 1 heterocycles. The molecule has 182 valence electrons. The summed E-state index contributed by atoms with van der Waals surface area (Å²) in [5.41, 5.74) is 8.06. The molecular formula is C28H21ClN6O2. The monoisotopic (exact) mass is 508 g/mol. The molecule has 8 nitrogen and oxygen atoms in total. The number of amides is 2. The van der Waals surface area contributed by atoms with Crippen molar-refractivity contribution in [3.8, 4) is 17.1 Å². The van der Waals surface area contributed by atoms with Gasteiger partial charge in [0.2, 0.25) is 5.95 Å². The number of nitrogens with zero attached hydrogens (tertiary/aromatic N) is 3. The molecule has 0 aliphatic heterocycles. The van der Waals surface area contributed by atoms with Crippen molar-refractivity contribution in [1.82, 2.24) is 25.6 Å². The predicted octanol–water partition coefficient (Wildman–Crippen LogP) is 5.41. The Hall–Kier alpha value is -4.95. The highest BCUT2D eigenvalue weighted by Crippen LogP contribution is 2.24. The second-order valence-electron chi connectivity index (χ2n) is 7.99. The van der Waals surface area contributed by atoms with E-state index in [9.17, 15) is 9.59 Å². The summed E-state index contributed by atoms with van der Waals surface area (Å²) in [4.78, 5) is 29.4. The van der Waals surface area contributed by atoms with Gasteiger partial charge in [-0.25, -0.2) is 4.68 Å². The van der Waals surface area contributed by atoms with Crippen molar-refractivity contribution in [1.29, 1.82) is 0 Å². The third-order valence-electron chi connectivity index (χ3n) is 5.44. The zero-order chi connectivity index (χ0) is 25.6. The molecule has 5 rings (SSSR count). The minimum Gasteiger partial charge on any atom is -0.323 e. The lowest BCUT2D eigenvalue weighted by Crippen LogP contribution is -2.41. The molecule has 0 atom stereocenters. The van der Waals surface area contributed by atoms with Crippen LogP contribution in [0.15, 0.2) is 109 Å². The minimum absolute atomic E-state index is 0.370. The van der Waals surface area contributed by atoms with E-state index in [0.29, 0.717) is 33.6 Å². The number of nitrogens with one attached hydrogen (secondary N) is 3. The number of hydrogen-bond acceptors (Lipinski definition) is 5. The van der Waals surface area contributed by atoms with E-state index in [1.807, 2.05) is 60.7 Å². The Balaban J connectivity index is 1.28. The van der Waals surface area contributed by atoms with Gasteiger partial charge in [0.1, 0.15) is 0 Å². The number of anilines is 2. The van der Waals surface area contributed by atoms with Crippen molar-refractivity contribution in [2.75, 3.05) is 5.32 Å². The van der Waals surface area contributed by atoms with E-state index < -0.39 is 11.8 Å². The van der Waals surface area contributed by atoms with Gasteiger partial charge in [0.15, 0.2) is 5.82 Å². The van der Waals surface area contributed by atoms with Crippen LogP contribution >= 0.6 is 11.6 Å². The third-order valence-corrected chi connectivity index (χ3v) is 5.69. The summed E-state index contributed by atoms with van der Waals surface area (Å²) in [6, 6.07) is 32.7. The molecule has 0 aliphatic carbocycles. The number of halogens is 1. The summed E-state index contributed by atoms with van der Waals surface area (Å²) < 4.78 is 1.78. The molecule has 4 aromatic carbocycles. The number of para-hydroxylation sites is 1. The highest BCUT2D eigenvalue weighted by Gasteiger charge is 2.14. The van der Waals surface area contributed by atoms with Gasteiger partial charge >= 0.3 is 0 Å². The second-order valence-corrected chi connectivity index (χ2v) is 8.43. The molecule has 0 spiro atoms. The van der Waals surface area contributed by atoms with E-state index >= 15 is 0 Å². The van der Waals surface area contributed by atoms with Crippen LogP contribution in [0.2, 0.25) is 5.02 Å². The zero-order valence-electron chi connectivity index (χ0n) is 19.4. The molecule has 9 heteroatoms. The normalized spacial score (nSPS) is 10.5. The van der Waals surface area contributed by atoms with Crippen molar-refractivity contribution in [2.45, 2.75) is 0 Å². The van der Waals surface area contributed by atoms with Crippen molar-refractivity contribution in [3.63, 3.8) is 0 Å². The summed E-state index contributed by atoms with van der Waals surface area (Å²) in [6.45, 7) is 0. The second kappa shape index (κ2) is 10.8. The summed E-state index contributed by atoms with van der Waals surface area (Å²) in [6.07, 6.45) is 0. The maximum atomic E-state index is 12.5. The van der Waals surface area contributed by atoms with E-state index in [1.54, 1.807) is 53.2 Å². The summed E-state index contributed by atoms with van der Waals surface area (Å²) >= 11 is 5.84. The molecule has 0 saturated carbocycles. The lowest BCUT2D eigenvalue weighted by molar-refractivity contribution is 0.0846. The molecule has 0 bridgehead atoms. The highest BCUT2D eigenvalue weighted by atomic mass is 35.5. The molecule has 0 unspecified atom stereocenters. The van der Waals surface area contributed by atoms with Gasteiger partial charge in [-0.05, 0) is 60.7 Å². The van der Waals surface area contributed by atoms with Crippen LogP contribution in [0.3, 0.4) is 0 Å². The van der Waals surface area contributed by atoms with Gasteiger partial charge in [0.05, 0.1) is 5.69 Å². The fourth-order valence-corrected chi connectivity index (χ4v) is 3.71. The number of carbonyl (C=O) groups is 2. The van der Waals surface area contributed by atoms with Crippen LogP contribution in [0, 0.1) is 0 Å².